The molecule has 3 rings (SSSR count). The summed E-state index contributed by atoms with van der Waals surface area (Å²) < 4.78 is 85.7. The normalized spacial score (nSPS) is 22.4. The summed E-state index contributed by atoms with van der Waals surface area (Å²) >= 11 is 0. The van der Waals surface area contributed by atoms with Crippen molar-refractivity contribution in [3.63, 3.8) is 0 Å². The fourth-order valence-corrected chi connectivity index (χ4v) is 2.98. The van der Waals surface area contributed by atoms with Crippen molar-refractivity contribution in [1.82, 2.24) is 0 Å². The molecule has 6 nitrogen and oxygen atoms in total. The second-order valence-corrected chi connectivity index (χ2v) is 6.34. The van der Waals surface area contributed by atoms with E-state index in [1.807, 2.05) is 0 Å². The number of ketones is 1. The highest BCUT2D eigenvalue weighted by Gasteiger charge is 2.41. The molecule has 26 heavy (non-hydrogen) atoms. The second-order valence-electron chi connectivity index (χ2n) is 5.06. The van der Waals surface area contributed by atoms with Gasteiger partial charge >= 0.3 is 10.1 Å². The van der Waals surface area contributed by atoms with E-state index in [1.54, 1.807) is 0 Å². The van der Waals surface area contributed by atoms with Gasteiger partial charge in [0, 0.05) is 5.56 Å². The molecule has 2 aromatic carbocycles. The molecule has 2 N–H and O–H groups in total. The zero-order chi connectivity index (χ0) is 21.6. The monoisotopic (exact) mass is 384 g/mol. The molecule has 0 aliphatic carbocycles. The Kier molecular flexibility index (Phi) is 3.70. The molecule has 0 radical (unpaired) electrons. The molecule has 136 valence electrons. The number of rotatable bonds is 5. The first-order valence-corrected chi connectivity index (χ1v) is 8.50. The van der Waals surface area contributed by atoms with Gasteiger partial charge in [0.05, 0.1) is 4.11 Å². The number of nitrogens with two attached hydrogens (primary N) is 1. The molecule has 0 amide bonds. The molecule has 0 unspecified atom stereocenters. The summed E-state index contributed by atoms with van der Waals surface area (Å²) in [4.78, 5) is 12.6. The van der Waals surface area contributed by atoms with Gasteiger partial charge in [-0.15, -0.1) is 0 Å². The summed E-state index contributed by atoms with van der Waals surface area (Å²) in [5, 5.41) is 0. The van der Waals surface area contributed by atoms with Gasteiger partial charge in [0.25, 0.3) is 0 Å². The fourth-order valence-electron chi connectivity index (χ4n) is 2.13. The van der Waals surface area contributed by atoms with Crippen molar-refractivity contribution in [2.75, 3.05) is 0 Å². The SMILES string of the molecule is [2H]C([2H])(c1ccccc1)S(=O)(=O)OC1=C(N)O[C@@]([2H])(c2cccc(F)c2F)C1=O. The Bertz CT molecular complexity index is 1130. The Morgan fingerprint density at radius 1 is 1.19 bits per heavy atom. The molecule has 9 heteroatoms. The van der Waals surface area contributed by atoms with Crippen LogP contribution in [0.15, 0.2) is 60.2 Å². The summed E-state index contributed by atoms with van der Waals surface area (Å²) in [5.41, 5.74) is 1.20. The van der Waals surface area contributed by atoms with Crippen LogP contribution in [0.1, 0.15) is 21.3 Å². The molecule has 1 aliphatic heterocycles. The van der Waals surface area contributed by atoms with Crippen molar-refractivity contribution >= 4 is 15.9 Å². The lowest BCUT2D eigenvalue weighted by Gasteiger charge is -2.11. The summed E-state index contributed by atoms with van der Waals surface area (Å²) in [6.07, 6.45) is -2.94. The van der Waals surface area contributed by atoms with Crippen molar-refractivity contribution in [3.05, 3.63) is 82.9 Å². The van der Waals surface area contributed by atoms with Crippen LogP contribution in [0.3, 0.4) is 0 Å². The number of carbonyl (C=O) groups excluding carboxylic acids is 1. The summed E-state index contributed by atoms with van der Waals surface area (Å²) in [6, 6.07) is 9.32. The maximum atomic E-state index is 14.1. The Morgan fingerprint density at radius 2 is 1.88 bits per heavy atom. The van der Waals surface area contributed by atoms with Crippen LogP contribution < -0.4 is 5.73 Å². The minimum absolute atomic E-state index is 0.293. The maximum absolute atomic E-state index is 14.1. The minimum atomic E-state index is -5.17. The van der Waals surface area contributed by atoms with E-state index >= 15 is 0 Å². The first-order valence-electron chi connectivity index (χ1n) is 8.59. The summed E-state index contributed by atoms with van der Waals surface area (Å²) in [7, 11) is -5.17. The van der Waals surface area contributed by atoms with Crippen LogP contribution in [0.25, 0.3) is 0 Å². The molecule has 0 bridgehead atoms. The number of hydrogen-bond acceptors (Lipinski definition) is 6. The van der Waals surface area contributed by atoms with Gasteiger partial charge in [-0.05, 0) is 11.6 Å². The average molecular weight is 384 g/mol. The molecular formula is C17H13F2NO5S. The highest BCUT2D eigenvalue weighted by Crippen LogP contribution is 2.34. The van der Waals surface area contributed by atoms with Crippen LogP contribution in [0, 0.1) is 11.6 Å². The van der Waals surface area contributed by atoms with Gasteiger partial charge in [0.2, 0.25) is 17.4 Å². The van der Waals surface area contributed by atoms with Crippen LogP contribution in [0.2, 0.25) is 0 Å². The Hall–Kier alpha value is -2.94. The number of Topliss-reactive ketones (excluding diaryl/α,β-unsaturated/α-hetero) is 1. The largest absolute Gasteiger partial charge is 0.460 e. The third kappa shape index (κ3) is 3.52. The topological polar surface area (TPSA) is 95.7 Å². The zero-order valence-corrected chi connectivity index (χ0v) is 13.7. The van der Waals surface area contributed by atoms with Crippen molar-refractivity contribution in [2.45, 2.75) is 11.8 Å². The Morgan fingerprint density at radius 3 is 2.58 bits per heavy atom. The number of halogens is 2. The smallest absolute Gasteiger partial charge is 0.313 e. The van der Waals surface area contributed by atoms with Crippen LogP contribution in [0.5, 0.6) is 0 Å². The second kappa shape index (κ2) is 6.75. The van der Waals surface area contributed by atoms with E-state index in [9.17, 15) is 22.0 Å². The van der Waals surface area contributed by atoms with E-state index in [1.165, 1.54) is 30.3 Å². The minimum Gasteiger partial charge on any atom is -0.460 e. The van der Waals surface area contributed by atoms with Crippen molar-refractivity contribution in [1.29, 1.82) is 0 Å². The molecule has 1 heterocycles. The molecule has 0 saturated heterocycles. The first-order chi connectivity index (χ1) is 13.4. The standard InChI is InChI=1S/C17H13F2NO5S/c18-12-8-4-7-11(13(12)19)15-14(21)16(17(20)24-15)25-26(22,23)9-10-5-2-1-3-6-10/h1-8,15H,9,20H2/t15-/m0/s1/i9D2,15D. The van der Waals surface area contributed by atoms with Gasteiger partial charge in [-0.25, -0.2) is 8.78 Å². The number of carbonyl (C=O) groups is 1. The molecule has 0 spiro atoms. The van der Waals surface area contributed by atoms with Gasteiger partial charge in [0.15, 0.2) is 17.7 Å². The van der Waals surface area contributed by atoms with E-state index < -0.39 is 56.5 Å². The van der Waals surface area contributed by atoms with Crippen LogP contribution in [-0.2, 0) is 29.5 Å². The number of hydrogen-bond donors (Lipinski definition) is 1. The molecule has 2 aromatic rings. The highest BCUT2D eigenvalue weighted by atomic mass is 32.2. The van der Waals surface area contributed by atoms with E-state index in [2.05, 4.69) is 4.18 Å². The van der Waals surface area contributed by atoms with Gasteiger partial charge in [-0.3, -0.25) is 4.79 Å². The number of benzene rings is 2. The van der Waals surface area contributed by atoms with Gasteiger partial charge < -0.3 is 14.7 Å². The Labute approximate surface area is 152 Å². The third-order valence-corrected chi connectivity index (χ3v) is 4.13. The Balaban J connectivity index is 1.97. The fraction of sp³-hybridized carbons (Fsp3) is 0.118. The molecule has 1 atom stereocenters. The molecule has 0 aromatic heterocycles. The average Bonchev–Trinajstić information content (AvgIpc) is 2.88. The van der Waals surface area contributed by atoms with E-state index in [0.717, 1.165) is 18.2 Å². The van der Waals surface area contributed by atoms with Crippen LogP contribution >= 0.6 is 0 Å². The maximum Gasteiger partial charge on any atom is 0.313 e. The van der Waals surface area contributed by atoms with Crippen LogP contribution in [0.4, 0.5) is 8.78 Å². The molecule has 1 aliphatic rings. The van der Waals surface area contributed by atoms with Gasteiger partial charge in [0.1, 0.15) is 5.70 Å². The molecular weight excluding hydrogens is 368 g/mol. The van der Waals surface area contributed by atoms with Gasteiger partial charge in [-0.2, -0.15) is 8.42 Å². The van der Waals surface area contributed by atoms with E-state index in [4.69, 9.17) is 14.6 Å². The van der Waals surface area contributed by atoms with E-state index in [0.29, 0.717) is 0 Å². The number of ether oxygens (including phenoxy) is 1. The van der Waals surface area contributed by atoms with Crippen molar-refractivity contribution in [2.24, 2.45) is 5.73 Å². The highest BCUT2D eigenvalue weighted by molar-refractivity contribution is 7.86. The van der Waals surface area contributed by atoms with Crippen molar-refractivity contribution in [3.8, 4) is 0 Å². The predicted molar refractivity (Wildman–Crippen MR) is 86.6 cm³/mol. The zero-order valence-electron chi connectivity index (χ0n) is 15.9. The molecule has 0 fully saturated rings. The lowest BCUT2D eigenvalue weighted by Crippen LogP contribution is -2.17. The molecule has 0 saturated carbocycles. The van der Waals surface area contributed by atoms with Crippen LogP contribution in [-0.4, -0.2) is 14.2 Å². The summed E-state index contributed by atoms with van der Waals surface area (Å²) in [6.45, 7) is 0. The summed E-state index contributed by atoms with van der Waals surface area (Å²) in [5.74, 6) is -6.66. The van der Waals surface area contributed by atoms with Gasteiger partial charge in [-0.1, -0.05) is 42.5 Å². The van der Waals surface area contributed by atoms with E-state index in [-0.39, 0.29) is 5.56 Å². The van der Waals surface area contributed by atoms with Crippen molar-refractivity contribution < 1.29 is 35.0 Å². The lowest BCUT2D eigenvalue weighted by molar-refractivity contribution is -0.123. The third-order valence-electron chi connectivity index (χ3n) is 3.25. The lowest BCUT2D eigenvalue weighted by atomic mass is 10.1. The predicted octanol–water partition coefficient (Wildman–Crippen LogP) is 2.28. The quantitative estimate of drug-likeness (QED) is 0.795. The first kappa shape index (κ1) is 14.3.